The summed E-state index contributed by atoms with van der Waals surface area (Å²) in [5.74, 6) is -0.660. The number of rotatable bonds is 4. The predicted octanol–water partition coefficient (Wildman–Crippen LogP) is 3.67. The zero-order chi connectivity index (χ0) is 23.3. The SMILES string of the molecule is NC(=O)n1cc(NC(=O)N2[C@H](C(=O)NCc3cccc(Cl)c3F)C[C@@H]3C[C@@H]32)c2ccccc21. The van der Waals surface area contributed by atoms with Crippen molar-refractivity contribution in [1.29, 1.82) is 0 Å². The first-order valence-electron chi connectivity index (χ1n) is 10.5. The smallest absolute Gasteiger partial charge is 0.323 e. The number of nitrogens with two attached hydrogens (primary N) is 1. The molecule has 0 spiro atoms. The van der Waals surface area contributed by atoms with Crippen LogP contribution in [0.5, 0.6) is 0 Å². The Morgan fingerprint density at radius 3 is 2.70 bits per heavy atom. The molecule has 1 aliphatic carbocycles. The van der Waals surface area contributed by atoms with Gasteiger partial charge in [-0.3, -0.25) is 9.36 Å². The predicted molar refractivity (Wildman–Crippen MR) is 121 cm³/mol. The average Bonchev–Trinajstić information content (AvgIpc) is 3.30. The number of urea groups is 1. The second-order valence-electron chi connectivity index (χ2n) is 8.35. The van der Waals surface area contributed by atoms with Gasteiger partial charge in [0.15, 0.2) is 0 Å². The van der Waals surface area contributed by atoms with E-state index < -0.39 is 23.9 Å². The monoisotopic (exact) mass is 469 g/mol. The molecule has 1 saturated carbocycles. The summed E-state index contributed by atoms with van der Waals surface area (Å²) >= 11 is 5.81. The van der Waals surface area contributed by atoms with E-state index in [4.69, 9.17) is 17.3 Å². The Labute approximate surface area is 193 Å². The van der Waals surface area contributed by atoms with Gasteiger partial charge in [0.25, 0.3) is 0 Å². The lowest BCUT2D eigenvalue weighted by Gasteiger charge is -2.27. The highest BCUT2D eigenvalue weighted by molar-refractivity contribution is 6.30. The number of likely N-dealkylation sites (tertiary alicyclic amines) is 1. The van der Waals surface area contributed by atoms with Gasteiger partial charge in [-0.25, -0.2) is 14.0 Å². The van der Waals surface area contributed by atoms with Crippen molar-refractivity contribution in [3.63, 3.8) is 0 Å². The third kappa shape index (κ3) is 3.78. The van der Waals surface area contributed by atoms with Crippen LogP contribution in [0.3, 0.4) is 0 Å². The van der Waals surface area contributed by atoms with E-state index in [-0.39, 0.29) is 35.0 Å². The van der Waals surface area contributed by atoms with Gasteiger partial charge in [-0.2, -0.15) is 0 Å². The summed E-state index contributed by atoms with van der Waals surface area (Å²) in [4.78, 5) is 39.4. The number of para-hydroxylation sites is 1. The van der Waals surface area contributed by atoms with Crippen LogP contribution >= 0.6 is 11.6 Å². The first kappa shape index (κ1) is 21.3. The minimum atomic E-state index is -0.666. The van der Waals surface area contributed by atoms with Crippen molar-refractivity contribution in [2.24, 2.45) is 11.7 Å². The van der Waals surface area contributed by atoms with Crippen LogP contribution < -0.4 is 16.4 Å². The lowest BCUT2D eigenvalue weighted by molar-refractivity contribution is -0.125. The maximum atomic E-state index is 14.1. The molecule has 4 amide bonds. The van der Waals surface area contributed by atoms with Gasteiger partial charge in [-0.1, -0.05) is 41.9 Å². The third-order valence-electron chi connectivity index (χ3n) is 6.32. The first-order chi connectivity index (χ1) is 15.8. The summed E-state index contributed by atoms with van der Waals surface area (Å²) < 4.78 is 15.4. The number of amides is 4. The van der Waals surface area contributed by atoms with E-state index >= 15 is 0 Å². The molecular formula is C23H21ClFN5O3. The molecule has 4 N–H and O–H groups in total. The second-order valence-corrected chi connectivity index (χ2v) is 8.76. The van der Waals surface area contributed by atoms with Crippen molar-refractivity contribution in [1.82, 2.24) is 14.8 Å². The van der Waals surface area contributed by atoms with Crippen LogP contribution in [0.1, 0.15) is 18.4 Å². The van der Waals surface area contributed by atoms with Gasteiger partial charge in [-0.05, 0) is 30.9 Å². The van der Waals surface area contributed by atoms with Gasteiger partial charge < -0.3 is 21.3 Å². The standard InChI is InChI=1S/C23H21ClFN5O3/c24-15-6-3-4-12(20(15)25)10-27-21(31)19-9-13-8-18(13)30(19)23(33)28-16-11-29(22(26)32)17-7-2-1-5-14(16)17/h1-7,11,13,18-19H,8-10H2,(H2,26,32)(H,27,31)(H,28,33)/t13-,18-,19-/m0/s1. The van der Waals surface area contributed by atoms with Crippen LogP contribution in [0, 0.1) is 11.7 Å². The summed E-state index contributed by atoms with van der Waals surface area (Å²) in [6.07, 6.45) is 2.86. The molecule has 2 fully saturated rings. The second kappa shape index (κ2) is 8.08. The summed E-state index contributed by atoms with van der Waals surface area (Å²) in [6, 6.07) is 9.88. The zero-order valence-electron chi connectivity index (χ0n) is 17.4. The van der Waals surface area contributed by atoms with Crippen molar-refractivity contribution < 1.29 is 18.8 Å². The molecule has 1 saturated heterocycles. The molecule has 0 bridgehead atoms. The molecule has 0 radical (unpaired) electrons. The fourth-order valence-corrected chi connectivity index (χ4v) is 4.80. The van der Waals surface area contributed by atoms with Crippen LogP contribution in [0.4, 0.5) is 19.7 Å². The number of nitrogens with one attached hydrogen (secondary N) is 2. The number of fused-ring (bicyclic) bond motifs is 2. The average molecular weight is 470 g/mol. The van der Waals surface area contributed by atoms with E-state index in [1.165, 1.54) is 16.8 Å². The molecule has 1 aromatic heterocycles. The third-order valence-corrected chi connectivity index (χ3v) is 6.61. The Hall–Kier alpha value is -3.59. The number of carbonyl (C=O) groups is 3. The number of piperidine rings is 1. The van der Waals surface area contributed by atoms with Crippen LogP contribution in [-0.4, -0.2) is 39.5 Å². The van der Waals surface area contributed by atoms with Gasteiger partial charge >= 0.3 is 12.1 Å². The van der Waals surface area contributed by atoms with Crippen molar-refractivity contribution in [2.75, 3.05) is 5.32 Å². The summed E-state index contributed by atoms with van der Waals surface area (Å²) in [5.41, 5.74) is 6.73. The van der Waals surface area contributed by atoms with Crippen molar-refractivity contribution in [3.8, 4) is 0 Å². The van der Waals surface area contributed by atoms with Crippen LogP contribution in [0.15, 0.2) is 48.7 Å². The molecule has 3 atom stereocenters. The molecule has 0 unspecified atom stereocenters. The molecule has 5 rings (SSSR count). The Kier molecular flexibility index (Phi) is 5.20. The number of anilines is 1. The maximum Gasteiger partial charge on any atom is 0.323 e. The number of nitrogens with zero attached hydrogens (tertiary/aromatic N) is 2. The Morgan fingerprint density at radius 2 is 1.91 bits per heavy atom. The van der Waals surface area contributed by atoms with Gasteiger partial charge in [0.1, 0.15) is 11.9 Å². The van der Waals surface area contributed by atoms with Crippen molar-refractivity contribution >= 4 is 46.2 Å². The Morgan fingerprint density at radius 1 is 1.12 bits per heavy atom. The minimum Gasteiger partial charge on any atom is -0.351 e. The van der Waals surface area contributed by atoms with Crippen LogP contribution in [-0.2, 0) is 11.3 Å². The molecular weight excluding hydrogens is 449 g/mol. The fraction of sp³-hybridized carbons (Fsp3) is 0.261. The summed E-state index contributed by atoms with van der Waals surface area (Å²) in [6.45, 7) is -0.0291. The Balaban J connectivity index is 1.33. The van der Waals surface area contributed by atoms with Crippen LogP contribution in [0.25, 0.3) is 10.9 Å². The molecule has 10 heteroatoms. The number of hydrogen-bond donors (Lipinski definition) is 3. The highest BCUT2D eigenvalue weighted by atomic mass is 35.5. The van der Waals surface area contributed by atoms with E-state index in [0.29, 0.717) is 23.0 Å². The van der Waals surface area contributed by atoms with Gasteiger partial charge in [0.05, 0.1) is 16.2 Å². The van der Waals surface area contributed by atoms with Crippen molar-refractivity contribution in [3.05, 3.63) is 65.1 Å². The molecule has 1 aliphatic heterocycles. The highest BCUT2D eigenvalue weighted by Gasteiger charge is 2.56. The summed E-state index contributed by atoms with van der Waals surface area (Å²) in [5, 5.41) is 6.21. The Bertz CT molecular complexity index is 1290. The molecule has 170 valence electrons. The topological polar surface area (TPSA) is 109 Å². The molecule has 2 aromatic carbocycles. The maximum absolute atomic E-state index is 14.1. The summed E-state index contributed by atoms with van der Waals surface area (Å²) in [7, 11) is 0. The molecule has 2 heterocycles. The van der Waals surface area contributed by atoms with E-state index in [0.717, 1.165) is 6.42 Å². The van der Waals surface area contributed by atoms with E-state index in [1.54, 1.807) is 41.3 Å². The van der Waals surface area contributed by atoms with E-state index in [1.807, 2.05) is 0 Å². The number of hydrogen-bond acceptors (Lipinski definition) is 3. The molecule has 2 aliphatic rings. The highest BCUT2D eigenvalue weighted by Crippen LogP contribution is 2.48. The quantitative estimate of drug-likeness (QED) is 0.542. The van der Waals surface area contributed by atoms with Gasteiger partial charge in [0.2, 0.25) is 5.91 Å². The normalized spacial score (nSPS) is 21.0. The van der Waals surface area contributed by atoms with Gasteiger partial charge in [0, 0.05) is 29.7 Å². The lowest BCUT2D eigenvalue weighted by Crippen LogP contribution is -2.49. The zero-order valence-corrected chi connectivity index (χ0v) is 18.2. The number of primary amides is 1. The largest absolute Gasteiger partial charge is 0.351 e. The van der Waals surface area contributed by atoms with Crippen LogP contribution in [0.2, 0.25) is 5.02 Å². The number of carbonyl (C=O) groups excluding carboxylic acids is 3. The van der Waals surface area contributed by atoms with E-state index in [2.05, 4.69) is 10.6 Å². The number of halogens is 2. The lowest BCUT2D eigenvalue weighted by atomic mass is 10.1. The van der Waals surface area contributed by atoms with Gasteiger partial charge in [-0.15, -0.1) is 0 Å². The minimum absolute atomic E-state index is 0.0139. The number of aromatic nitrogens is 1. The molecule has 3 aromatic rings. The molecule has 33 heavy (non-hydrogen) atoms. The molecule has 8 nitrogen and oxygen atoms in total. The fourth-order valence-electron chi connectivity index (χ4n) is 4.61. The van der Waals surface area contributed by atoms with E-state index in [9.17, 15) is 18.8 Å². The first-order valence-corrected chi connectivity index (χ1v) is 10.9. The number of benzene rings is 2. The van der Waals surface area contributed by atoms with Crippen molar-refractivity contribution in [2.45, 2.75) is 31.5 Å².